The number of esters is 3. The Balaban J connectivity index is 4.47. The lowest BCUT2D eigenvalue weighted by Crippen LogP contribution is -2.30. The summed E-state index contributed by atoms with van der Waals surface area (Å²) in [6.45, 7) is 6.40. The van der Waals surface area contributed by atoms with E-state index in [1.165, 1.54) is 51.4 Å². The van der Waals surface area contributed by atoms with Crippen LogP contribution in [0.15, 0.2) is 97.2 Å². The highest BCUT2D eigenvalue weighted by molar-refractivity contribution is 5.71. The van der Waals surface area contributed by atoms with Gasteiger partial charge in [0.05, 0.1) is 0 Å². The standard InChI is InChI=1S/C57H94O6/c1-4-7-10-13-16-19-22-25-27-28-29-30-31-33-35-38-41-44-47-50-56(59)62-53-54(52-61-55(58)49-46-43-40-37-34-24-21-18-15-12-9-6-3)63-57(60)51-48-45-42-39-36-32-26-23-20-17-14-11-8-5-2/h7,10,14,16-19,21,23,25-27,29-30,33,35,54H,4-6,8-9,11-13,15,20,22,24,28,31-32,34,36-53H2,1-3H3/b10-7-,17-14-,19-16-,21-18-,26-23-,27-25-,30-29-,35-33-/t54-/m1/s1. The molecule has 0 aromatic rings. The molecule has 0 unspecified atom stereocenters. The molecule has 0 amide bonds. The van der Waals surface area contributed by atoms with Gasteiger partial charge in [0.1, 0.15) is 13.2 Å². The molecule has 0 spiro atoms. The van der Waals surface area contributed by atoms with Crippen molar-refractivity contribution in [2.24, 2.45) is 0 Å². The molecule has 6 nitrogen and oxygen atoms in total. The average molecular weight is 875 g/mol. The Hall–Kier alpha value is -3.67. The van der Waals surface area contributed by atoms with E-state index < -0.39 is 6.10 Å². The first-order valence-corrected chi connectivity index (χ1v) is 25.7. The maximum atomic E-state index is 12.8. The van der Waals surface area contributed by atoms with Gasteiger partial charge in [0, 0.05) is 19.3 Å². The number of hydrogen-bond donors (Lipinski definition) is 0. The summed E-state index contributed by atoms with van der Waals surface area (Å²) < 4.78 is 16.7. The second-order valence-electron chi connectivity index (χ2n) is 16.7. The summed E-state index contributed by atoms with van der Waals surface area (Å²) in [5, 5.41) is 0. The highest BCUT2D eigenvalue weighted by atomic mass is 16.6. The molecule has 0 aromatic heterocycles. The predicted octanol–water partition coefficient (Wildman–Crippen LogP) is 17.0. The van der Waals surface area contributed by atoms with E-state index in [-0.39, 0.29) is 31.1 Å². The summed E-state index contributed by atoms with van der Waals surface area (Å²) in [4.78, 5) is 38.0. The van der Waals surface area contributed by atoms with Crippen LogP contribution in [0.4, 0.5) is 0 Å². The van der Waals surface area contributed by atoms with Crippen molar-refractivity contribution in [1.82, 2.24) is 0 Å². The Morgan fingerprint density at radius 2 is 0.635 bits per heavy atom. The molecule has 0 bridgehead atoms. The Bertz CT molecular complexity index is 1280. The van der Waals surface area contributed by atoms with Crippen molar-refractivity contribution in [3.05, 3.63) is 97.2 Å². The number of allylic oxidation sites excluding steroid dienone is 16. The Labute approximate surface area is 387 Å². The van der Waals surface area contributed by atoms with Crippen molar-refractivity contribution in [2.45, 2.75) is 232 Å². The minimum absolute atomic E-state index is 0.0995. The van der Waals surface area contributed by atoms with Gasteiger partial charge in [0.2, 0.25) is 0 Å². The van der Waals surface area contributed by atoms with Crippen LogP contribution >= 0.6 is 0 Å². The summed E-state index contributed by atoms with van der Waals surface area (Å²) in [5.74, 6) is -0.960. The van der Waals surface area contributed by atoms with Crippen LogP contribution in [-0.2, 0) is 28.6 Å². The van der Waals surface area contributed by atoms with Gasteiger partial charge in [0.15, 0.2) is 6.10 Å². The number of carbonyl (C=O) groups excluding carboxylic acids is 3. The maximum Gasteiger partial charge on any atom is 0.306 e. The summed E-state index contributed by atoms with van der Waals surface area (Å²) in [5.41, 5.74) is 0. The molecule has 358 valence electrons. The second-order valence-corrected chi connectivity index (χ2v) is 16.7. The minimum Gasteiger partial charge on any atom is -0.462 e. The van der Waals surface area contributed by atoms with Crippen LogP contribution in [0.2, 0.25) is 0 Å². The largest absolute Gasteiger partial charge is 0.462 e. The molecule has 1 atom stereocenters. The summed E-state index contributed by atoms with van der Waals surface area (Å²) in [6.07, 6.45) is 66.7. The SMILES string of the molecule is CC/C=C\C/C=C\C/C=C\C/C=C\C/C=C\CCCCCC(=O)OC[C@@H](COC(=O)CCCCCCC/C=C\CCCCC)OC(=O)CCCCCCC/C=C\C/C=C\CCCC. The van der Waals surface area contributed by atoms with Gasteiger partial charge in [-0.3, -0.25) is 14.4 Å². The highest BCUT2D eigenvalue weighted by Crippen LogP contribution is 2.13. The second kappa shape index (κ2) is 51.0. The normalized spacial score (nSPS) is 12.9. The van der Waals surface area contributed by atoms with E-state index in [1.807, 2.05) is 0 Å². The van der Waals surface area contributed by atoms with Gasteiger partial charge in [-0.05, 0) is 116 Å². The molecule has 0 fully saturated rings. The zero-order valence-electron chi connectivity index (χ0n) is 40.8. The fourth-order valence-corrected chi connectivity index (χ4v) is 6.65. The molecule has 0 saturated carbocycles. The highest BCUT2D eigenvalue weighted by Gasteiger charge is 2.19. The average Bonchev–Trinajstić information content (AvgIpc) is 3.28. The van der Waals surface area contributed by atoms with Crippen LogP contribution in [0.5, 0.6) is 0 Å². The molecule has 6 heteroatoms. The lowest BCUT2D eigenvalue weighted by atomic mass is 10.1. The van der Waals surface area contributed by atoms with Crippen molar-refractivity contribution in [2.75, 3.05) is 13.2 Å². The van der Waals surface area contributed by atoms with E-state index in [9.17, 15) is 14.4 Å². The molecule has 0 aliphatic rings. The smallest absolute Gasteiger partial charge is 0.306 e. The zero-order valence-corrected chi connectivity index (χ0v) is 40.8. The Kier molecular flexibility index (Phi) is 48.0. The molecular formula is C57H94O6. The lowest BCUT2D eigenvalue weighted by Gasteiger charge is -2.18. The van der Waals surface area contributed by atoms with E-state index in [0.29, 0.717) is 19.3 Å². The lowest BCUT2D eigenvalue weighted by molar-refractivity contribution is -0.167. The van der Waals surface area contributed by atoms with Gasteiger partial charge in [-0.2, -0.15) is 0 Å². The van der Waals surface area contributed by atoms with E-state index >= 15 is 0 Å². The maximum absolute atomic E-state index is 12.8. The van der Waals surface area contributed by atoms with Crippen LogP contribution in [0, 0.1) is 0 Å². The number of rotatable bonds is 45. The molecule has 0 heterocycles. The Morgan fingerprint density at radius 1 is 0.333 bits per heavy atom. The fraction of sp³-hybridized carbons (Fsp3) is 0.667. The third-order valence-electron chi connectivity index (χ3n) is 10.5. The van der Waals surface area contributed by atoms with E-state index in [1.54, 1.807) is 0 Å². The van der Waals surface area contributed by atoms with Gasteiger partial charge in [-0.25, -0.2) is 0 Å². The van der Waals surface area contributed by atoms with Gasteiger partial charge in [-0.1, -0.05) is 189 Å². The molecule has 0 saturated heterocycles. The first kappa shape index (κ1) is 59.3. The quantitative estimate of drug-likeness (QED) is 0.0262. The number of ether oxygens (including phenoxy) is 3. The van der Waals surface area contributed by atoms with Gasteiger partial charge in [-0.15, -0.1) is 0 Å². The van der Waals surface area contributed by atoms with Crippen LogP contribution in [0.25, 0.3) is 0 Å². The Morgan fingerprint density at radius 3 is 1.05 bits per heavy atom. The van der Waals surface area contributed by atoms with E-state index in [4.69, 9.17) is 14.2 Å². The predicted molar refractivity (Wildman–Crippen MR) is 270 cm³/mol. The van der Waals surface area contributed by atoms with Gasteiger partial charge >= 0.3 is 17.9 Å². The molecular weight excluding hydrogens is 781 g/mol. The monoisotopic (exact) mass is 875 g/mol. The third-order valence-corrected chi connectivity index (χ3v) is 10.5. The van der Waals surface area contributed by atoms with Crippen molar-refractivity contribution < 1.29 is 28.6 Å². The summed E-state index contributed by atoms with van der Waals surface area (Å²) >= 11 is 0. The van der Waals surface area contributed by atoms with Crippen LogP contribution < -0.4 is 0 Å². The molecule has 63 heavy (non-hydrogen) atoms. The summed E-state index contributed by atoms with van der Waals surface area (Å²) in [7, 11) is 0. The molecule has 0 N–H and O–H groups in total. The van der Waals surface area contributed by atoms with Gasteiger partial charge in [0.25, 0.3) is 0 Å². The van der Waals surface area contributed by atoms with E-state index in [0.717, 1.165) is 135 Å². The van der Waals surface area contributed by atoms with Crippen molar-refractivity contribution in [3.63, 3.8) is 0 Å². The minimum atomic E-state index is -0.802. The zero-order chi connectivity index (χ0) is 45.8. The van der Waals surface area contributed by atoms with Crippen molar-refractivity contribution in [1.29, 1.82) is 0 Å². The number of carbonyl (C=O) groups is 3. The third kappa shape index (κ3) is 49.2. The van der Waals surface area contributed by atoms with Crippen molar-refractivity contribution >= 4 is 17.9 Å². The first-order valence-electron chi connectivity index (χ1n) is 25.7. The van der Waals surface area contributed by atoms with Crippen LogP contribution in [0.3, 0.4) is 0 Å². The van der Waals surface area contributed by atoms with E-state index in [2.05, 4.69) is 118 Å². The molecule has 0 rings (SSSR count). The number of unbranched alkanes of at least 4 members (excludes halogenated alkanes) is 18. The topological polar surface area (TPSA) is 78.9 Å². The molecule has 0 aliphatic heterocycles. The van der Waals surface area contributed by atoms with Crippen LogP contribution in [-0.4, -0.2) is 37.2 Å². The first-order chi connectivity index (χ1) is 31.0. The van der Waals surface area contributed by atoms with Gasteiger partial charge < -0.3 is 14.2 Å². The molecule has 0 radical (unpaired) electrons. The van der Waals surface area contributed by atoms with Crippen LogP contribution in [0.1, 0.15) is 226 Å². The molecule has 0 aromatic carbocycles. The fourth-order valence-electron chi connectivity index (χ4n) is 6.65. The number of hydrogen-bond acceptors (Lipinski definition) is 6. The molecule has 0 aliphatic carbocycles. The van der Waals surface area contributed by atoms with Crippen molar-refractivity contribution in [3.8, 4) is 0 Å². The summed E-state index contributed by atoms with van der Waals surface area (Å²) in [6, 6.07) is 0.